The van der Waals surface area contributed by atoms with Crippen LogP contribution in [0.1, 0.15) is 19.4 Å². The second-order valence-corrected chi connectivity index (χ2v) is 5.11. The molecule has 0 bridgehead atoms. The summed E-state index contributed by atoms with van der Waals surface area (Å²) >= 11 is 0. The quantitative estimate of drug-likeness (QED) is 0.815. The van der Waals surface area contributed by atoms with Crippen molar-refractivity contribution in [2.24, 2.45) is 5.41 Å². The van der Waals surface area contributed by atoms with Crippen LogP contribution in [0, 0.1) is 5.41 Å². The van der Waals surface area contributed by atoms with Crippen molar-refractivity contribution in [1.82, 2.24) is 5.32 Å². The van der Waals surface area contributed by atoms with Crippen LogP contribution in [0.15, 0.2) is 18.2 Å². The number of nitrogens with one attached hydrogen (secondary N) is 1. The van der Waals surface area contributed by atoms with Gasteiger partial charge in [-0.3, -0.25) is 0 Å². The van der Waals surface area contributed by atoms with Crippen LogP contribution in [0.5, 0.6) is 11.5 Å². The van der Waals surface area contributed by atoms with E-state index in [1.807, 2.05) is 32.0 Å². The third-order valence-corrected chi connectivity index (χ3v) is 2.80. The minimum Gasteiger partial charge on any atom is -0.454 e. The lowest BCUT2D eigenvalue weighted by molar-refractivity contribution is 0.156. The van der Waals surface area contributed by atoms with E-state index in [0.29, 0.717) is 6.79 Å². The molecule has 0 aromatic heterocycles. The van der Waals surface area contributed by atoms with Gasteiger partial charge in [-0.2, -0.15) is 0 Å². The highest BCUT2D eigenvalue weighted by Crippen LogP contribution is 2.32. The van der Waals surface area contributed by atoms with E-state index in [1.54, 1.807) is 0 Å². The average Bonchev–Trinajstić information content (AvgIpc) is 2.76. The van der Waals surface area contributed by atoms with Crippen molar-refractivity contribution < 1.29 is 14.6 Å². The number of benzene rings is 1. The maximum atomic E-state index is 9.14. The molecule has 17 heavy (non-hydrogen) atoms. The van der Waals surface area contributed by atoms with Gasteiger partial charge >= 0.3 is 0 Å². The monoisotopic (exact) mass is 237 g/mol. The van der Waals surface area contributed by atoms with Gasteiger partial charge < -0.3 is 19.9 Å². The molecule has 0 spiro atoms. The highest BCUT2D eigenvalue weighted by atomic mass is 16.7. The van der Waals surface area contributed by atoms with Crippen LogP contribution >= 0.6 is 0 Å². The standard InChI is InChI=1S/C13H19NO3/c1-13(2,8-15)7-14-6-10-3-4-11-12(5-10)17-9-16-11/h3-5,14-15H,6-9H2,1-2H3. The number of rotatable bonds is 5. The second kappa shape index (κ2) is 4.94. The molecule has 1 aliphatic rings. The third kappa shape index (κ3) is 3.11. The Labute approximate surface area is 102 Å². The van der Waals surface area contributed by atoms with Gasteiger partial charge in [-0.15, -0.1) is 0 Å². The van der Waals surface area contributed by atoms with E-state index in [9.17, 15) is 0 Å². The molecule has 1 heterocycles. The molecule has 0 fully saturated rings. The van der Waals surface area contributed by atoms with Gasteiger partial charge in [-0.25, -0.2) is 0 Å². The Morgan fingerprint density at radius 1 is 1.29 bits per heavy atom. The molecule has 2 rings (SSSR count). The first-order valence-electron chi connectivity index (χ1n) is 5.81. The summed E-state index contributed by atoms with van der Waals surface area (Å²) in [6.07, 6.45) is 0. The number of hydrogen-bond acceptors (Lipinski definition) is 4. The normalized spacial score (nSPS) is 14.1. The zero-order chi connectivity index (χ0) is 12.3. The first-order chi connectivity index (χ1) is 8.11. The molecule has 2 N–H and O–H groups in total. The predicted molar refractivity (Wildman–Crippen MR) is 65.1 cm³/mol. The van der Waals surface area contributed by atoms with Crippen LogP contribution in [0.25, 0.3) is 0 Å². The summed E-state index contributed by atoms with van der Waals surface area (Å²) in [4.78, 5) is 0. The Morgan fingerprint density at radius 2 is 2.06 bits per heavy atom. The molecular formula is C13H19NO3. The molecule has 94 valence electrons. The van der Waals surface area contributed by atoms with Gasteiger partial charge in [0.25, 0.3) is 0 Å². The molecule has 0 saturated heterocycles. The van der Waals surface area contributed by atoms with E-state index in [1.165, 1.54) is 0 Å². The van der Waals surface area contributed by atoms with Crippen LogP contribution in [0.2, 0.25) is 0 Å². The topological polar surface area (TPSA) is 50.7 Å². The number of aliphatic hydroxyl groups is 1. The Kier molecular flexibility index (Phi) is 3.54. The molecule has 0 unspecified atom stereocenters. The maximum Gasteiger partial charge on any atom is 0.231 e. The Balaban J connectivity index is 1.88. The highest BCUT2D eigenvalue weighted by Gasteiger charge is 2.16. The Bertz CT molecular complexity index is 390. The van der Waals surface area contributed by atoms with Gasteiger partial charge in [0.05, 0.1) is 0 Å². The van der Waals surface area contributed by atoms with Crippen LogP contribution in [0.4, 0.5) is 0 Å². The van der Waals surface area contributed by atoms with E-state index in [4.69, 9.17) is 14.6 Å². The zero-order valence-corrected chi connectivity index (χ0v) is 10.3. The van der Waals surface area contributed by atoms with Gasteiger partial charge in [0.2, 0.25) is 6.79 Å². The Hall–Kier alpha value is -1.26. The van der Waals surface area contributed by atoms with Crippen molar-refractivity contribution in [1.29, 1.82) is 0 Å². The van der Waals surface area contributed by atoms with Crippen LogP contribution < -0.4 is 14.8 Å². The summed E-state index contributed by atoms with van der Waals surface area (Å²) in [5, 5.41) is 12.5. The van der Waals surface area contributed by atoms with Crippen molar-refractivity contribution in [3.8, 4) is 11.5 Å². The van der Waals surface area contributed by atoms with Crippen LogP contribution in [-0.4, -0.2) is 25.1 Å². The first-order valence-corrected chi connectivity index (χ1v) is 5.81. The van der Waals surface area contributed by atoms with Crippen molar-refractivity contribution in [2.75, 3.05) is 19.9 Å². The van der Waals surface area contributed by atoms with E-state index in [2.05, 4.69) is 5.32 Å². The molecule has 1 aromatic carbocycles. The number of hydrogen-bond donors (Lipinski definition) is 2. The molecule has 0 radical (unpaired) electrons. The lowest BCUT2D eigenvalue weighted by Gasteiger charge is -2.21. The van der Waals surface area contributed by atoms with Gasteiger partial charge in [0.15, 0.2) is 11.5 Å². The summed E-state index contributed by atoms with van der Waals surface area (Å²) in [7, 11) is 0. The molecule has 1 aromatic rings. The smallest absolute Gasteiger partial charge is 0.231 e. The average molecular weight is 237 g/mol. The van der Waals surface area contributed by atoms with E-state index in [0.717, 1.165) is 30.2 Å². The van der Waals surface area contributed by atoms with Crippen molar-refractivity contribution in [2.45, 2.75) is 20.4 Å². The molecule has 0 atom stereocenters. The number of aliphatic hydroxyl groups excluding tert-OH is 1. The van der Waals surface area contributed by atoms with Gasteiger partial charge in [-0.05, 0) is 17.7 Å². The third-order valence-electron chi connectivity index (χ3n) is 2.80. The molecule has 0 aliphatic carbocycles. The second-order valence-electron chi connectivity index (χ2n) is 5.11. The fraction of sp³-hybridized carbons (Fsp3) is 0.538. The summed E-state index contributed by atoms with van der Waals surface area (Å²) in [6, 6.07) is 5.93. The minimum atomic E-state index is -0.0870. The van der Waals surface area contributed by atoms with Gasteiger partial charge in [-0.1, -0.05) is 19.9 Å². The fourth-order valence-corrected chi connectivity index (χ4v) is 1.65. The molecule has 0 amide bonds. The minimum absolute atomic E-state index is 0.0870. The first kappa shape index (κ1) is 12.2. The van der Waals surface area contributed by atoms with Gasteiger partial charge in [0, 0.05) is 25.1 Å². The predicted octanol–water partition coefficient (Wildman–Crippen LogP) is 1.52. The highest BCUT2D eigenvalue weighted by molar-refractivity contribution is 5.44. The van der Waals surface area contributed by atoms with Gasteiger partial charge in [0.1, 0.15) is 0 Å². The fourth-order valence-electron chi connectivity index (χ4n) is 1.65. The van der Waals surface area contributed by atoms with E-state index in [-0.39, 0.29) is 12.0 Å². The van der Waals surface area contributed by atoms with E-state index < -0.39 is 0 Å². The van der Waals surface area contributed by atoms with Crippen LogP contribution in [0.3, 0.4) is 0 Å². The lowest BCUT2D eigenvalue weighted by Crippen LogP contribution is -2.31. The molecule has 4 nitrogen and oxygen atoms in total. The molecule has 0 saturated carbocycles. The maximum absolute atomic E-state index is 9.14. The SMILES string of the molecule is CC(C)(CO)CNCc1ccc2c(c1)OCO2. The van der Waals surface area contributed by atoms with Crippen molar-refractivity contribution in [3.63, 3.8) is 0 Å². The Morgan fingerprint density at radius 3 is 2.82 bits per heavy atom. The van der Waals surface area contributed by atoms with Crippen molar-refractivity contribution >= 4 is 0 Å². The summed E-state index contributed by atoms with van der Waals surface area (Å²) in [5.74, 6) is 1.62. The number of fused-ring (bicyclic) bond motifs is 1. The molecular weight excluding hydrogens is 218 g/mol. The van der Waals surface area contributed by atoms with Crippen molar-refractivity contribution in [3.05, 3.63) is 23.8 Å². The largest absolute Gasteiger partial charge is 0.454 e. The molecule has 1 aliphatic heterocycles. The summed E-state index contributed by atoms with van der Waals surface area (Å²) in [6.45, 7) is 6.09. The summed E-state index contributed by atoms with van der Waals surface area (Å²) in [5.41, 5.74) is 1.07. The summed E-state index contributed by atoms with van der Waals surface area (Å²) < 4.78 is 10.6. The zero-order valence-electron chi connectivity index (χ0n) is 10.3. The number of ether oxygens (including phenoxy) is 2. The van der Waals surface area contributed by atoms with Crippen LogP contribution in [-0.2, 0) is 6.54 Å². The van der Waals surface area contributed by atoms with E-state index >= 15 is 0 Å². The lowest BCUT2D eigenvalue weighted by atomic mass is 9.95. The molecule has 4 heteroatoms.